The smallest absolute Gasteiger partial charge is 0.0218 e. The van der Waals surface area contributed by atoms with Crippen LogP contribution in [0.25, 0.3) is 0 Å². The minimum Gasteiger partial charge on any atom is -0.315 e. The molecule has 0 aromatic heterocycles. The van der Waals surface area contributed by atoms with Crippen LogP contribution in [0.15, 0.2) is 30.3 Å². The van der Waals surface area contributed by atoms with E-state index in [1.165, 1.54) is 24.9 Å². The molecule has 0 amide bonds. The molecular formula is C14H22N2. The van der Waals surface area contributed by atoms with Gasteiger partial charge in [0.05, 0.1) is 0 Å². The Labute approximate surface area is 98.7 Å². The molecular weight excluding hydrogens is 196 g/mol. The Bertz CT molecular complexity index is 291. The maximum atomic E-state index is 3.47. The highest BCUT2D eigenvalue weighted by atomic mass is 15.2. The molecule has 2 rings (SSSR count). The Hall–Kier alpha value is -0.860. The van der Waals surface area contributed by atoms with Gasteiger partial charge in [-0.05, 0) is 38.4 Å². The molecule has 0 bridgehead atoms. The minimum absolute atomic E-state index is 0.734. The normalized spacial score (nSPS) is 21.2. The van der Waals surface area contributed by atoms with E-state index in [9.17, 15) is 0 Å². The SMILES string of the molecule is CN(CCc1ccccc1)[C@@H]1CCCNC1. The summed E-state index contributed by atoms with van der Waals surface area (Å²) >= 11 is 0. The third-order valence-electron chi connectivity index (χ3n) is 3.49. The lowest BCUT2D eigenvalue weighted by atomic mass is 10.1. The lowest BCUT2D eigenvalue weighted by molar-refractivity contribution is 0.205. The second-order valence-corrected chi connectivity index (χ2v) is 4.72. The van der Waals surface area contributed by atoms with E-state index in [2.05, 4.69) is 47.6 Å². The summed E-state index contributed by atoms with van der Waals surface area (Å²) in [5.74, 6) is 0. The third kappa shape index (κ3) is 3.32. The molecule has 1 aromatic rings. The maximum Gasteiger partial charge on any atom is 0.0218 e. The van der Waals surface area contributed by atoms with Crippen molar-refractivity contribution in [3.8, 4) is 0 Å². The fraction of sp³-hybridized carbons (Fsp3) is 0.571. The van der Waals surface area contributed by atoms with Gasteiger partial charge >= 0.3 is 0 Å². The molecule has 1 aromatic carbocycles. The average Bonchev–Trinajstić information content (AvgIpc) is 2.38. The van der Waals surface area contributed by atoms with Gasteiger partial charge in [0.1, 0.15) is 0 Å². The Morgan fingerprint density at radius 1 is 1.31 bits per heavy atom. The van der Waals surface area contributed by atoms with E-state index in [4.69, 9.17) is 0 Å². The molecule has 0 spiro atoms. The first-order valence-electron chi connectivity index (χ1n) is 6.31. The van der Waals surface area contributed by atoms with Crippen molar-refractivity contribution in [2.45, 2.75) is 25.3 Å². The van der Waals surface area contributed by atoms with E-state index in [1.54, 1.807) is 0 Å². The van der Waals surface area contributed by atoms with Crippen LogP contribution in [0, 0.1) is 0 Å². The molecule has 0 aliphatic carbocycles. The number of nitrogens with zero attached hydrogens (tertiary/aromatic N) is 1. The van der Waals surface area contributed by atoms with Gasteiger partial charge in [0.15, 0.2) is 0 Å². The highest BCUT2D eigenvalue weighted by Crippen LogP contribution is 2.09. The highest BCUT2D eigenvalue weighted by molar-refractivity contribution is 5.14. The molecule has 1 fully saturated rings. The van der Waals surface area contributed by atoms with Gasteiger partial charge in [0.2, 0.25) is 0 Å². The zero-order valence-corrected chi connectivity index (χ0v) is 10.2. The van der Waals surface area contributed by atoms with Crippen LogP contribution in [0.1, 0.15) is 18.4 Å². The minimum atomic E-state index is 0.734. The monoisotopic (exact) mass is 218 g/mol. The van der Waals surface area contributed by atoms with E-state index in [0.717, 1.165) is 25.6 Å². The molecule has 1 aliphatic rings. The van der Waals surface area contributed by atoms with Gasteiger partial charge in [-0.25, -0.2) is 0 Å². The topological polar surface area (TPSA) is 15.3 Å². The van der Waals surface area contributed by atoms with Crippen molar-refractivity contribution < 1.29 is 0 Å². The first-order chi connectivity index (χ1) is 7.86. The number of benzene rings is 1. The van der Waals surface area contributed by atoms with Crippen molar-refractivity contribution in [3.63, 3.8) is 0 Å². The Morgan fingerprint density at radius 2 is 2.12 bits per heavy atom. The van der Waals surface area contributed by atoms with Gasteiger partial charge < -0.3 is 10.2 Å². The van der Waals surface area contributed by atoms with Gasteiger partial charge in [-0.1, -0.05) is 30.3 Å². The summed E-state index contributed by atoms with van der Waals surface area (Å²) in [6.45, 7) is 3.52. The molecule has 16 heavy (non-hydrogen) atoms. The largest absolute Gasteiger partial charge is 0.315 e. The summed E-state index contributed by atoms with van der Waals surface area (Å²) in [6, 6.07) is 11.5. The van der Waals surface area contributed by atoms with Crippen LogP contribution >= 0.6 is 0 Å². The fourth-order valence-corrected chi connectivity index (χ4v) is 2.34. The van der Waals surface area contributed by atoms with E-state index in [0.29, 0.717) is 0 Å². The number of rotatable bonds is 4. The molecule has 1 atom stereocenters. The van der Waals surface area contributed by atoms with Crippen molar-refractivity contribution in [1.29, 1.82) is 0 Å². The summed E-state index contributed by atoms with van der Waals surface area (Å²) in [4.78, 5) is 2.50. The van der Waals surface area contributed by atoms with Crippen molar-refractivity contribution >= 4 is 0 Å². The van der Waals surface area contributed by atoms with Gasteiger partial charge in [-0.3, -0.25) is 0 Å². The molecule has 1 N–H and O–H groups in total. The molecule has 1 aliphatic heterocycles. The molecule has 0 saturated carbocycles. The summed E-state index contributed by atoms with van der Waals surface area (Å²) < 4.78 is 0. The summed E-state index contributed by atoms with van der Waals surface area (Å²) in [6.07, 6.45) is 3.83. The van der Waals surface area contributed by atoms with Gasteiger partial charge in [0.25, 0.3) is 0 Å². The third-order valence-corrected chi connectivity index (χ3v) is 3.49. The highest BCUT2D eigenvalue weighted by Gasteiger charge is 2.16. The maximum absolute atomic E-state index is 3.47. The zero-order valence-electron chi connectivity index (χ0n) is 10.2. The number of likely N-dealkylation sites (N-methyl/N-ethyl adjacent to an activating group) is 1. The van der Waals surface area contributed by atoms with Crippen LogP contribution in [0.3, 0.4) is 0 Å². The standard InChI is InChI=1S/C14H22N2/c1-16(14-8-5-10-15-12-14)11-9-13-6-3-2-4-7-13/h2-4,6-7,14-15H,5,8-12H2,1H3/t14-/m1/s1. The van der Waals surface area contributed by atoms with Crippen molar-refractivity contribution in [3.05, 3.63) is 35.9 Å². The Kier molecular flexibility index (Phi) is 4.37. The second-order valence-electron chi connectivity index (χ2n) is 4.72. The predicted octanol–water partition coefficient (Wildman–Crippen LogP) is 1.91. The molecule has 0 unspecified atom stereocenters. The number of hydrogen-bond acceptors (Lipinski definition) is 2. The number of piperidine rings is 1. The van der Waals surface area contributed by atoms with Crippen LogP contribution in [-0.4, -0.2) is 37.6 Å². The Morgan fingerprint density at radius 3 is 2.81 bits per heavy atom. The van der Waals surface area contributed by atoms with E-state index in [-0.39, 0.29) is 0 Å². The van der Waals surface area contributed by atoms with Crippen LogP contribution in [0.5, 0.6) is 0 Å². The second kappa shape index (κ2) is 6.02. The van der Waals surface area contributed by atoms with Crippen molar-refractivity contribution in [2.24, 2.45) is 0 Å². The summed E-state index contributed by atoms with van der Waals surface area (Å²) in [5, 5.41) is 3.47. The Balaban J connectivity index is 1.76. The molecule has 1 saturated heterocycles. The molecule has 2 heteroatoms. The van der Waals surface area contributed by atoms with E-state index < -0.39 is 0 Å². The zero-order chi connectivity index (χ0) is 11.2. The lowest BCUT2D eigenvalue weighted by Crippen LogP contribution is -2.44. The van der Waals surface area contributed by atoms with Crippen LogP contribution in [0.4, 0.5) is 0 Å². The molecule has 88 valence electrons. The fourth-order valence-electron chi connectivity index (χ4n) is 2.34. The quantitative estimate of drug-likeness (QED) is 0.830. The first kappa shape index (κ1) is 11.6. The van der Waals surface area contributed by atoms with Gasteiger partial charge in [-0.2, -0.15) is 0 Å². The summed E-state index contributed by atoms with van der Waals surface area (Å²) in [5.41, 5.74) is 1.44. The molecule has 2 nitrogen and oxygen atoms in total. The predicted molar refractivity (Wildman–Crippen MR) is 68.7 cm³/mol. The number of hydrogen-bond donors (Lipinski definition) is 1. The van der Waals surface area contributed by atoms with Gasteiger partial charge in [0, 0.05) is 19.1 Å². The number of nitrogens with one attached hydrogen (secondary N) is 1. The van der Waals surface area contributed by atoms with Crippen LogP contribution in [0.2, 0.25) is 0 Å². The van der Waals surface area contributed by atoms with Crippen molar-refractivity contribution in [2.75, 3.05) is 26.7 Å². The molecule has 1 heterocycles. The first-order valence-corrected chi connectivity index (χ1v) is 6.31. The van der Waals surface area contributed by atoms with E-state index in [1.807, 2.05) is 0 Å². The van der Waals surface area contributed by atoms with Crippen molar-refractivity contribution in [1.82, 2.24) is 10.2 Å². The average molecular weight is 218 g/mol. The summed E-state index contributed by atoms with van der Waals surface area (Å²) in [7, 11) is 2.25. The molecule has 0 radical (unpaired) electrons. The van der Waals surface area contributed by atoms with Crippen LogP contribution in [-0.2, 0) is 6.42 Å². The van der Waals surface area contributed by atoms with E-state index >= 15 is 0 Å². The lowest BCUT2D eigenvalue weighted by Gasteiger charge is -2.31. The van der Waals surface area contributed by atoms with Crippen LogP contribution < -0.4 is 5.32 Å². The van der Waals surface area contributed by atoms with Gasteiger partial charge in [-0.15, -0.1) is 0 Å².